The van der Waals surface area contributed by atoms with Crippen molar-refractivity contribution in [2.45, 2.75) is 31.1 Å². The minimum atomic E-state index is -0.350. The molecule has 2 amide bonds. The Morgan fingerprint density at radius 3 is 2.66 bits per heavy atom. The van der Waals surface area contributed by atoms with Crippen LogP contribution in [0.4, 0.5) is 0 Å². The molecule has 1 aliphatic rings. The average Bonchev–Trinajstić information content (AvgIpc) is 3.21. The van der Waals surface area contributed by atoms with E-state index in [0.29, 0.717) is 43.8 Å². The monoisotopic (exact) mass is 459 g/mol. The molecule has 9 nitrogen and oxygen atoms in total. The first-order valence-electron chi connectivity index (χ1n) is 10.5. The lowest BCUT2D eigenvalue weighted by molar-refractivity contribution is -0.132. The summed E-state index contributed by atoms with van der Waals surface area (Å²) in [5, 5.41) is 12.1. The highest BCUT2D eigenvalue weighted by Crippen LogP contribution is 2.21. The second-order valence-electron chi connectivity index (χ2n) is 7.34. The smallest absolute Gasteiger partial charge is 0.233 e. The summed E-state index contributed by atoms with van der Waals surface area (Å²) in [6.45, 7) is 8.52. The van der Waals surface area contributed by atoms with Crippen LogP contribution in [0.2, 0.25) is 0 Å². The standard InChI is InChI=1S/C22H29N5O4S/c1-4-9-27-21(16(2)23-19(28)14-17-5-7-18(30-3)8-6-17)24-25-22(27)32-15-20(29)26-10-12-31-13-11-26/h4-8,16H,1,9-15H2,2-3H3,(H,23,28). The highest BCUT2D eigenvalue weighted by atomic mass is 32.2. The van der Waals surface area contributed by atoms with Crippen LogP contribution >= 0.6 is 11.8 Å². The molecule has 1 saturated heterocycles. The minimum absolute atomic E-state index is 0.0499. The molecule has 2 heterocycles. The summed E-state index contributed by atoms with van der Waals surface area (Å²) in [7, 11) is 1.61. The van der Waals surface area contributed by atoms with E-state index in [-0.39, 0.29) is 30.0 Å². The molecule has 0 spiro atoms. The fourth-order valence-corrected chi connectivity index (χ4v) is 4.20. The molecule has 1 aliphatic heterocycles. The third-order valence-electron chi connectivity index (χ3n) is 5.03. The zero-order chi connectivity index (χ0) is 22.9. The number of allylic oxidation sites excluding steroid dienone is 1. The Labute approximate surface area is 192 Å². The van der Waals surface area contributed by atoms with E-state index in [9.17, 15) is 9.59 Å². The predicted octanol–water partition coefficient (Wildman–Crippen LogP) is 1.84. The van der Waals surface area contributed by atoms with Gasteiger partial charge < -0.3 is 24.3 Å². The van der Waals surface area contributed by atoms with Crippen LogP contribution < -0.4 is 10.1 Å². The highest BCUT2D eigenvalue weighted by Gasteiger charge is 2.22. The highest BCUT2D eigenvalue weighted by molar-refractivity contribution is 7.99. The van der Waals surface area contributed by atoms with Gasteiger partial charge in [-0.05, 0) is 24.6 Å². The number of thioether (sulfide) groups is 1. The first-order valence-corrected chi connectivity index (χ1v) is 11.4. The zero-order valence-corrected chi connectivity index (χ0v) is 19.3. The lowest BCUT2D eigenvalue weighted by Gasteiger charge is -2.26. The number of ether oxygens (including phenoxy) is 2. The summed E-state index contributed by atoms with van der Waals surface area (Å²) in [5.41, 5.74) is 0.890. The molecule has 2 aromatic rings. The van der Waals surface area contributed by atoms with Gasteiger partial charge in [0.1, 0.15) is 5.75 Å². The molecule has 3 rings (SSSR count). The molecule has 1 N–H and O–H groups in total. The number of carbonyl (C=O) groups is 2. The Kier molecular flexibility index (Phi) is 8.69. The van der Waals surface area contributed by atoms with E-state index in [2.05, 4.69) is 22.1 Å². The van der Waals surface area contributed by atoms with E-state index in [1.54, 1.807) is 18.1 Å². The fraction of sp³-hybridized carbons (Fsp3) is 0.455. The van der Waals surface area contributed by atoms with Gasteiger partial charge in [-0.1, -0.05) is 30.0 Å². The van der Waals surface area contributed by atoms with Crippen LogP contribution in [0.1, 0.15) is 24.4 Å². The summed E-state index contributed by atoms with van der Waals surface area (Å²) < 4.78 is 12.3. The van der Waals surface area contributed by atoms with Gasteiger partial charge in [-0.2, -0.15) is 0 Å². The van der Waals surface area contributed by atoms with Gasteiger partial charge in [0.2, 0.25) is 11.8 Å². The van der Waals surface area contributed by atoms with Crippen LogP contribution in [0.3, 0.4) is 0 Å². The van der Waals surface area contributed by atoms with E-state index in [1.807, 2.05) is 35.8 Å². The number of methoxy groups -OCH3 is 1. The number of hydrogen-bond acceptors (Lipinski definition) is 7. The summed E-state index contributed by atoms with van der Waals surface area (Å²) in [6, 6.07) is 7.04. The topological polar surface area (TPSA) is 98.6 Å². The van der Waals surface area contributed by atoms with E-state index in [0.717, 1.165) is 11.3 Å². The number of nitrogens with zero attached hydrogens (tertiary/aromatic N) is 4. The number of morpholine rings is 1. The average molecular weight is 460 g/mol. The minimum Gasteiger partial charge on any atom is -0.497 e. The van der Waals surface area contributed by atoms with Crippen LogP contribution in [0, 0.1) is 0 Å². The number of rotatable bonds is 10. The number of carbonyl (C=O) groups excluding carboxylic acids is 2. The quantitative estimate of drug-likeness (QED) is 0.428. The molecule has 172 valence electrons. The maximum Gasteiger partial charge on any atom is 0.233 e. The Morgan fingerprint density at radius 2 is 2.00 bits per heavy atom. The summed E-state index contributed by atoms with van der Waals surface area (Å²) >= 11 is 1.34. The van der Waals surface area contributed by atoms with Crippen molar-refractivity contribution in [2.75, 3.05) is 39.2 Å². The zero-order valence-electron chi connectivity index (χ0n) is 18.5. The lowest BCUT2D eigenvalue weighted by atomic mass is 10.1. The lowest BCUT2D eigenvalue weighted by Crippen LogP contribution is -2.41. The first kappa shape index (κ1) is 23.8. The molecule has 1 fully saturated rings. The molecule has 1 aromatic heterocycles. The third-order valence-corrected chi connectivity index (χ3v) is 5.99. The van der Waals surface area contributed by atoms with Gasteiger partial charge in [-0.3, -0.25) is 9.59 Å². The maximum absolute atomic E-state index is 12.5. The van der Waals surface area contributed by atoms with Crippen LogP contribution in [-0.2, 0) is 27.3 Å². The van der Waals surface area contributed by atoms with Crippen LogP contribution in [0.5, 0.6) is 5.75 Å². The van der Waals surface area contributed by atoms with Gasteiger partial charge in [-0.25, -0.2) is 0 Å². The molecule has 0 bridgehead atoms. The second-order valence-corrected chi connectivity index (χ2v) is 8.28. The number of benzene rings is 1. The summed E-state index contributed by atoms with van der Waals surface area (Å²) in [4.78, 5) is 26.8. The normalized spacial score (nSPS) is 14.6. The van der Waals surface area contributed by atoms with Gasteiger partial charge in [0.05, 0.1) is 38.5 Å². The molecule has 1 atom stereocenters. The van der Waals surface area contributed by atoms with Crippen LogP contribution in [0.15, 0.2) is 42.1 Å². The first-order chi connectivity index (χ1) is 15.5. The van der Waals surface area contributed by atoms with E-state index < -0.39 is 0 Å². The Balaban J connectivity index is 1.60. The molecule has 1 aromatic carbocycles. The number of aromatic nitrogens is 3. The molecule has 32 heavy (non-hydrogen) atoms. The molecule has 1 unspecified atom stereocenters. The van der Waals surface area contributed by atoms with Crippen molar-refractivity contribution >= 4 is 23.6 Å². The molecular weight excluding hydrogens is 430 g/mol. The molecule has 0 radical (unpaired) electrons. The second kappa shape index (κ2) is 11.7. The number of nitrogens with one attached hydrogen (secondary N) is 1. The molecule has 0 aliphatic carbocycles. The van der Waals surface area contributed by atoms with E-state index in [1.165, 1.54) is 11.8 Å². The molecular formula is C22H29N5O4S. The van der Waals surface area contributed by atoms with Crippen molar-refractivity contribution in [3.63, 3.8) is 0 Å². The Hall–Kier alpha value is -2.85. The van der Waals surface area contributed by atoms with Crippen molar-refractivity contribution in [1.82, 2.24) is 25.0 Å². The molecule has 0 saturated carbocycles. The van der Waals surface area contributed by atoms with E-state index >= 15 is 0 Å². The third kappa shape index (κ3) is 6.33. The van der Waals surface area contributed by atoms with Gasteiger partial charge in [0.15, 0.2) is 11.0 Å². The van der Waals surface area contributed by atoms with Crippen LogP contribution in [-0.4, -0.2) is 70.6 Å². The SMILES string of the molecule is C=CCn1c(SCC(=O)N2CCOCC2)nnc1C(C)NC(=O)Cc1ccc(OC)cc1. The van der Waals surface area contributed by atoms with Crippen molar-refractivity contribution in [3.8, 4) is 5.75 Å². The maximum atomic E-state index is 12.5. The number of hydrogen-bond donors (Lipinski definition) is 1. The van der Waals surface area contributed by atoms with Crippen molar-refractivity contribution in [2.24, 2.45) is 0 Å². The Bertz CT molecular complexity index is 925. The predicted molar refractivity (Wildman–Crippen MR) is 122 cm³/mol. The van der Waals surface area contributed by atoms with Gasteiger partial charge >= 0.3 is 0 Å². The number of amides is 2. The van der Waals surface area contributed by atoms with Crippen molar-refractivity contribution in [1.29, 1.82) is 0 Å². The summed E-state index contributed by atoms with van der Waals surface area (Å²) in [5.74, 6) is 1.57. The van der Waals surface area contributed by atoms with E-state index in [4.69, 9.17) is 9.47 Å². The largest absolute Gasteiger partial charge is 0.497 e. The van der Waals surface area contributed by atoms with Gasteiger partial charge in [0.25, 0.3) is 0 Å². The van der Waals surface area contributed by atoms with Crippen LogP contribution in [0.25, 0.3) is 0 Å². The summed E-state index contributed by atoms with van der Waals surface area (Å²) in [6.07, 6.45) is 1.99. The molecule has 10 heteroatoms. The Morgan fingerprint density at radius 1 is 1.28 bits per heavy atom. The van der Waals surface area contributed by atoms with Gasteiger partial charge in [-0.15, -0.1) is 16.8 Å². The van der Waals surface area contributed by atoms with Crippen molar-refractivity contribution in [3.05, 3.63) is 48.3 Å². The fourth-order valence-electron chi connectivity index (χ4n) is 3.34. The van der Waals surface area contributed by atoms with Gasteiger partial charge in [0, 0.05) is 19.6 Å². The van der Waals surface area contributed by atoms with Crippen molar-refractivity contribution < 1.29 is 19.1 Å².